The zero-order chi connectivity index (χ0) is 6.57. The monoisotopic (exact) mass is 136 g/mol. The summed E-state index contributed by atoms with van der Waals surface area (Å²) in [4.78, 5) is 0. The van der Waals surface area contributed by atoms with Gasteiger partial charge in [0.1, 0.15) is 0 Å². The quantitative estimate of drug-likeness (QED) is 0.564. The molecule has 0 bridgehead atoms. The third-order valence-corrected chi connectivity index (χ3v) is 1.64. The van der Waals surface area contributed by atoms with Crippen LogP contribution in [0, 0.1) is 0 Å². The fourth-order valence-electron chi connectivity index (χ4n) is 0.349. The van der Waals surface area contributed by atoms with Gasteiger partial charge >= 0.3 is 0 Å². The Morgan fingerprint density at radius 2 is 2.25 bits per heavy atom. The first-order valence-electron chi connectivity index (χ1n) is 2.63. The Kier molecular flexibility index (Phi) is 4.44. The van der Waals surface area contributed by atoms with Crippen molar-refractivity contribution in [3.8, 4) is 0 Å². The molecule has 0 saturated carbocycles. The molecule has 0 rings (SSSR count). The van der Waals surface area contributed by atoms with Gasteiger partial charge in [-0.15, -0.1) is 9.24 Å². The van der Waals surface area contributed by atoms with Gasteiger partial charge in [-0.3, -0.25) is 0 Å². The van der Waals surface area contributed by atoms with Crippen LogP contribution in [0.25, 0.3) is 0 Å². The van der Waals surface area contributed by atoms with Crippen LogP contribution in [0.4, 0.5) is 0 Å². The average Bonchev–Trinajstić information content (AvgIpc) is 1.84. The van der Waals surface area contributed by atoms with Crippen molar-refractivity contribution >= 4 is 9.24 Å². The zero-order valence-corrected chi connectivity index (χ0v) is 6.45. The summed E-state index contributed by atoms with van der Waals surface area (Å²) in [5, 5.41) is 8.98. The van der Waals surface area contributed by atoms with Gasteiger partial charge in [0.15, 0.2) is 0 Å². The van der Waals surface area contributed by atoms with Crippen molar-refractivity contribution in [3.05, 3.63) is 0 Å². The molecule has 0 fully saturated rings. The van der Waals surface area contributed by atoms with E-state index in [2.05, 4.69) is 9.24 Å². The van der Waals surface area contributed by atoms with Gasteiger partial charge in [-0.2, -0.15) is 0 Å². The molecule has 0 radical (unpaired) electrons. The highest BCUT2D eigenvalue weighted by molar-refractivity contribution is 7.16. The molecule has 0 aromatic heterocycles. The van der Waals surface area contributed by atoms with Crippen LogP contribution in [0.5, 0.6) is 0 Å². The number of ether oxygens (including phenoxy) is 1. The summed E-state index contributed by atoms with van der Waals surface area (Å²) in [5.74, 6) is 0. The van der Waals surface area contributed by atoms with E-state index in [1.165, 1.54) is 0 Å². The first-order valence-corrected chi connectivity index (χ1v) is 3.45. The Labute approximate surface area is 52.4 Å². The van der Waals surface area contributed by atoms with E-state index in [0.717, 1.165) is 0 Å². The second kappa shape index (κ2) is 4.25. The summed E-state index contributed by atoms with van der Waals surface area (Å²) >= 11 is 0. The maximum atomic E-state index is 8.98. The lowest BCUT2D eigenvalue weighted by atomic mass is 10.3. The van der Waals surface area contributed by atoms with Gasteiger partial charge in [-0.05, 0) is 13.1 Å². The van der Waals surface area contributed by atoms with E-state index in [-0.39, 0.29) is 12.2 Å². The molecule has 8 heavy (non-hydrogen) atoms. The molecule has 3 atom stereocenters. The van der Waals surface area contributed by atoms with Gasteiger partial charge in [-0.1, -0.05) is 0 Å². The molecule has 0 amide bonds. The third-order valence-electron chi connectivity index (χ3n) is 1.16. The molecule has 0 aromatic rings. The van der Waals surface area contributed by atoms with E-state index >= 15 is 0 Å². The predicted molar refractivity (Wildman–Crippen MR) is 37.1 cm³/mol. The number of methoxy groups -OCH3 is 1. The smallest absolute Gasteiger partial charge is 0.0833 e. The summed E-state index contributed by atoms with van der Waals surface area (Å²) in [7, 11) is 4.05. The first-order chi connectivity index (χ1) is 3.72. The Bertz CT molecular complexity index is 50.4. The molecular formula is C5H13O2P. The van der Waals surface area contributed by atoms with Crippen molar-refractivity contribution in [2.75, 3.05) is 13.3 Å². The Morgan fingerprint density at radius 1 is 1.75 bits per heavy atom. The van der Waals surface area contributed by atoms with E-state index in [0.29, 0.717) is 6.16 Å². The molecule has 0 aromatic carbocycles. The lowest BCUT2D eigenvalue weighted by molar-refractivity contribution is 0.0124. The second-order valence-electron chi connectivity index (χ2n) is 1.74. The van der Waals surface area contributed by atoms with E-state index < -0.39 is 0 Å². The van der Waals surface area contributed by atoms with Gasteiger partial charge in [0, 0.05) is 7.11 Å². The molecule has 50 valence electrons. The van der Waals surface area contributed by atoms with Crippen LogP contribution in [-0.2, 0) is 4.74 Å². The molecule has 3 heteroatoms. The molecule has 0 aliphatic heterocycles. The van der Waals surface area contributed by atoms with Crippen molar-refractivity contribution < 1.29 is 9.84 Å². The second-order valence-corrected chi connectivity index (χ2v) is 2.22. The molecule has 3 unspecified atom stereocenters. The van der Waals surface area contributed by atoms with Gasteiger partial charge in [0.25, 0.3) is 0 Å². The van der Waals surface area contributed by atoms with Gasteiger partial charge in [-0.25, -0.2) is 0 Å². The highest BCUT2D eigenvalue weighted by atomic mass is 31.0. The minimum atomic E-state index is -0.343. The fraction of sp³-hybridized carbons (Fsp3) is 1.00. The number of rotatable bonds is 3. The van der Waals surface area contributed by atoms with Gasteiger partial charge in [0.05, 0.1) is 12.2 Å². The van der Waals surface area contributed by atoms with E-state index in [1.54, 1.807) is 7.11 Å². The predicted octanol–water partition coefficient (Wildman–Crippen LogP) is 0.257. The maximum Gasteiger partial charge on any atom is 0.0833 e. The standard InChI is InChI=1S/C5H13O2P/c1-4(7-2)5(6)3-8/h4-6H,3,8H2,1-2H3. The van der Waals surface area contributed by atoms with E-state index in [1.807, 2.05) is 6.92 Å². The largest absolute Gasteiger partial charge is 0.390 e. The molecule has 2 nitrogen and oxygen atoms in total. The van der Waals surface area contributed by atoms with Crippen molar-refractivity contribution in [3.63, 3.8) is 0 Å². The normalized spacial score (nSPS) is 18.0. The average molecular weight is 136 g/mol. The Morgan fingerprint density at radius 3 is 2.38 bits per heavy atom. The van der Waals surface area contributed by atoms with Crippen molar-refractivity contribution in [1.82, 2.24) is 0 Å². The van der Waals surface area contributed by atoms with Crippen LogP contribution in [0.15, 0.2) is 0 Å². The molecule has 0 saturated heterocycles. The van der Waals surface area contributed by atoms with Crippen molar-refractivity contribution in [2.45, 2.75) is 19.1 Å². The maximum absolute atomic E-state index is 8.98. The molecule has 0 aliphatic carbocycles. The summed E-state index contributed by atoms with van der Waals surface area (Å²) < 4.78 is 4.84. The number of hydrogen-bond acceptors (Lipinski definition) is 2. The first kappa shape index (κ1) is 8.35. The van der Waals surface area contributed by atoms with Crippen LogP contribution >= 0.6 is 9.24 Å². The molecular weight excluding hydrogens is 123 g/mol. The van der Waals surface area contributed by atoms with Crippen LogP contribution in [-0.4, -0.2) is 30.6 Å². The minimum absolute atomic E-state index is 0.0486. The minimum Gasteiger partial charge on any atom is -0.390 e. The summed E-state index contributed by atoms with van der Waals surface area (Å²) in [6, 6.07) is 0. The number of hydrogen-bond donors (Lipinski definition) is 1. The van der Waals surface area contributed by atoms with Crippen LogP contribution in [0.3, 0.4) is 0 Å². The number of aliphatic hydroxyl groups is 1. The molecule has 0 aliphatic rings. The highest BCUT2D eigenvalue weighted by Gasteiger charge is 2.08. The molecule has 0 heterocycles. The van der Waals surface area contributed by atoms with Gasteiger partial charge in [0.2, 0.25) is 0 Å². The summed E-state index contributed by atoms with van der Waals surface area (Å²) in [6.45, 7) is 1.84. The van der Waals surface area contributed by atoms with Crippen LogP contribution in [0.1, 0.15) is 6.92 Å². The van der Waals surface area contributed by atoms with Crippen molar-refractivity contribution in [2.24, 2.45) is 0 Å². The lowest BCUT2D eigenvalue weighted by Gasteiger charge is -2.13. The lowest BCUT2D eigenvalue weighted by Crippen LogP contribution is -2.25. The van der Waals surface area contributed by atoms with Gasteiger partial charge < -0.3 is 9.84 Å². The zero-order valence-electron chi connectivity index (χ0n) is 5.29. The van der Waals surface area contributed by atoms with E-state index in [4.69, 9.17) is 9.84 Å². The fourth-order valence-corrected chi connectivity index (χ4v) is 0.732. The highest BCUT2D eigenvalue weighted by Crippen LogP contribution is 1.99. The van der Waals surface area contributed by atoms with Crippen LogP contribution < -0.4 is 0 Å². The number of aliphatic hydroxyl groups excluding tert-OH is 1. The third kappa shape index (κ3) is 2.61. The SMILES string of the molecule is COC(C)C(O)CP. The summed E-state index contributed by atoms with van der Waals surface area (Å²) in [5.41, 5.74) is 0. The molecule has 1 N–H and O–H groups in total. The Hall–Kier alpha value is 0.350. The van der Waals surface area contributed by atoms with Crippen LogP contribution in [0.2, 0.25) is 0 Å². The Balaban J connectivity index is 3.29. The molecule has 0 spiro atoms. The summed E-state index contributed by atoms with van der Waals surface area (Å²) in [6.07, 6.45) is 0.284. The topological polar surface area (TPSA) is 29.5 Å². The van der Waals surface area contributed by atoms with Crippen molar-refractivity contribution in [1.29, 1.82) is 0 Å². The van der Waals surface area contributed by atoms with E-state index in [9.17, 15) is 0 Å².